The summed E-state index contributed by atoms with van der Waals surface area (Å²) in [6, 6.07) is 0. The number of aryl methyl sites for hydroxylation is 1. The Kier molecular flexibility index (Phi) is 4.57. The Morgan fingerprint density at radius 2 is 1.92 bits per heavy atom. The van der Waals surface area contributed by atoms with Crippen LogP contribution < -0.4 is 0 Å². The summed E-state index contributed by atoms with van der Waals surface area (Å²) >= 11 is 1.43. The summed E-state index contributed by atoms with van der Waals surface area (Å²) in [6.07, 6.45) is 4.48. The molecule has 2 amide bonds. The first-order valence-corrected chi connectivity index (χ1v) is 8.55. The molecule has 3 heterocycles. The number of thiazole rings is 1. The number of aromatic nitrogens is 3. The van der Waals surface area contributed by atoms with E-state index in [4.69, 9.17) is 0 Å². The Hall–Kier alpha value is -2.35. The fourth-order valence-corrected chi connectivity index (χ4v) is 3.63. The van der Waals surface area contributed by atoms with Crippen LogP contribution in [0.5, 0.6) is 0 Å². The maximum absolute atomic E-state index is 12.5. The minimum Gasteiger partial charge on any atom is -0.343 e. The number of nitrogens with zero attached hydrogens (tertiary/aromatic N) is 5. The van der Waals surface area contributed by atoms with E-state index in [0.717, 1.165) is 16.3 Å². The largest absolute Gasteiger partial charge is 0.343 e. The van der Waals surface area contributed by atoms with Crippen molar-refractivity contribution in [1.29, 1.82) is 0 Å². The molecule has 2 aromatic rings. The molecule has 8 heteroatoms. The van der Waals surface area contributed by atoms with Crippen molar-refractivity contribution in [1.82, 2.24) is 24.8 Å². The molecule has 0 spiro atoms. The molecule has 126 valence electrons. The molecule has 0 saturated heterocycles. The molecule has 2 aromatic heterocycles. The fourth-order valence-electron chi connectivity index (χ4n) is 2.51. The summed E-state index contributed by atoms with van der Waals surface area (Å²) in [5.74, 6) is -0.182. The quantitative estimate of drug-likeness (QED) is 0.817. The summed E-state index contributed by atoms with van der Waals surface area (Å²) in [5.41, 5.74) is 2.07. The van der Waals surface area contributed by atoms with E-state index in [2.05, 4.69) is 15.0 Å². The minimum atomic E-state index is -0.109. The standard InChI is InChI=1S/C16H19N5O2S/c1-10-8-18-12(9-17-10)15(22)21-6-4-11-13(5-7-21)24-14(19-11)16(23)20(2)3/h8-9H,4-7H2,1-3H3. The maximum Gasteiger partial charge on any atom is 0.282 e. The summed E-state index contributed by atoms with van der Waals surface area (Å²) in [7, 11) is 3.44. The summed E-state index contributed by atoms with van der Waals surface area (Å²) in [6.45, 7) is 3.00. The lowest BCUT2D eigenvalue weighted by atomic mass is 10.2. The first kappa shape index (κ1) is 16.5. The predicted octanol–water partition coefficient (Wildman–Crippen LogP) is 1.18. The van der Waals surface area contributed by atoms with Crippen LogP contribution in [0.2, 0.25) is 0 Å². The first-order valence-electron chi connectivity index (χ1n) is 7.74. The Labute approximate surface area is 144 Å². The van der Waals surface area contributed by atoms with Crippen molar-refractivity contribution < 1.29 is 9.59 Å². The third kappa shape index (κ3) is 3.28. The summed E-state index contributed by atoms with van der Waals surface area (Å²) in [5, 5.41) is 0.522. The SMILES string of the molecule is Cc1cnc(C(=O)N2CCc3nc(C(=O)N(C)C)sc3CC2)cn1. The third-order valence-corrected chi connectivity index (χ3v) is 5.03. The van der Waals surface area contributed by atoms with Crippen molar-refractivity contribution in [3.05, 3.63) is 39.4 Å². The van der Waals surface area contributed by atoms with Gasteiger partial charge >= 0.3 is 0 Å². The average molecular weight is 345 g/mol. The second-order valence-corrected chi connectivity index (χ2v) is 7.01. The van der Waals surface area contributed by atoms with Gasteiger partial charge in [0.2, 0.25) is 0 Å². The third-order valence-electron chi connectivity index (χ3n) is 3.88. The number of fused-ring (bicyclic) bond motifs is 1. The van der Waals surface area contributed by atoms with Gasteiger partial charge in [-0.3, -0.25) is 14.6 Å². The van der Waals surface area contributed by atoms with Gasteiger partial charge in [0.05, 0.1) is 17.6 Å². The molecule has 0 bridgehead atoms. The zero-order valence-corrected chi connectivity index (χ0v) is 14.8. The van der Waals surface area contributed by atoms with E-state index in [9.17, 15) is 9.59 Å². The first-order chi connectivity index (χ1) is 11.5. The van der Waals surface area contributed by atoms with E-state index < -0.39 is 0 Å². The van der Waals surface area contributed by atoms with Gasteiger partial charge in [-0.15, -0.1) is 11.3 Å². The molecule has 7 nitrogen and oxygen atoms in total. The lowest BCUT2D eigenvalue weighted by Gasteiger charge is -2.19. The van der Waals surface area contributed by atoms with E-state index in [1.807, 2.05) is 6.92 Å². The molecule has 0 atom stereocenters. The van der Waals surface area contributed by atoms with Crippen molar-refractivity contribution in [2.45, 2.75) is 19.8 Å². The van der Waals surface area contributed by atoms with Gasteiger partial charge in [-0.05, 0) is 6.92 Å². The zero-order valence-electron chi connectivity index (χ0n) is 13.9. The highest BCUT2D eigenvalue weighted by molar-refractivity contribution is 7.13. The number of hydrogen-bond acceptors (Lipinski definition) is 6. The van der Waals surface area contributed by atoms with Gasteiger partial charge in [0.25, 0.3) is 11.8 Å². The van der Waals surface area contributed by atoms with E-state index in [1.165, 1.54) is 22.4 Å². The van der Waals surface area contributed by atoms with Crippen molar-refractivity contribution in [2.75, 3.05) is 27.2 Å². The molecular formula is C16H19N5O2S. The van der Waals surface area contributed by atoms with Gasteiger partial charge < -0.3 is 9.80 Å². The van der Waals surface area contributed by atoms with Crippen molar-refractivity contribution >= 4 is 23.2 Å². The normalized spacial score (nSPS) is 14.0. The van der Waals surface area contributed by atoms with Crippen LogP contribution in [0.1, 0.15) is 36.6 Å². The maximum atomic E-state index is 12.5. The van der Waals surface area contributed by atoms with Gasteiger partial charge in [0.15, 0.2) is 5.01 Å². The van der Waals surface area contributed by atoms with Crippen molar-refractivity contribution in [3.8, 4) is 0 Å². The fraction of sp³-hybridized carbons (Fsp3) is 0.438. The average Bonchev–Trinajstić information content (AvgIpc) is 2.87. The molecule has 1 aliphatic heterocycles. The molecule has 24 heavy (non-hydrogen) atoms. The van der Waals surface area contributed by atoms with E-state index in [1.54, 1.807) is 25.2 Å². The molecule has 3 rings (SSSR count). The molecule has 0 aromatic carbocycles. The number of hydrogen-bond donors (Lipinski definition) is 0. The van der Waals surface area contributed by atoms with Crippen LogP contribution in [0.4, 0.5) is 0 Å². The van der Waals surface area contributed by atoms with Crippen LogP contribution in [-0.4, -0.2) is 63.8 Å². The molecule has 0 fully saturated rings. The molecule has 1 aliphatic rings. The monoisotopic (exact) mass is 345 g/mol. The Morgan fingerprint density at radius 3 is 2.58 bits per heavy atom. The van der Waals surface area contributed by atoms with E-state index >= 15 is 0 Å². The highest BCUT2D eigenvalue weighted by atomic mass is 32.1. The van der Waals surface area contributed by atoms with Crippen LogP contribution in [0.25, 0.3) is 0 Å². The number of rotatable bonds is 2. The molecule has 0 N–H and O–H groups in total. The minimum absolute atomic E-state index is 0.0732. The van der Waals surface area contributed by atoms with Gasteiger partial charge in [-0.1, -0.05) is 0 Å². The van der Waals surface area contributed by atoms with Gasteiger partial charge in [-0.25, -0.2) is 9.97 Å². The summed E-state index contributed by atoms with van der Waals surface area (Å²) < 4.78 is 0. The highest BCUT2D eigenvalue weighted by Gasteiger charge is 2.25. The van der Waals surface area contributed by atoms with Crippen molar-refractivity contribution in [2.24, 2.45) is 0 Å². The van der Waals surface area contributed by atoms with E-state index in [0.29, 0.717) is 36.6 Å². The second-order valence-electron chi connectivity index (χ2n) is 5.92. The van der Waals surface area contributed by atoms with Crippen LogP contribution >= 0.6 is 11.3 Å². The molecule has 0 aliphatic carbocycles. The Morgan fingerprint density at radius 1 is 1.17 bits per heavy atom. The lowest BCUT2D eigenvalue weighted by Crippen LogP contribution is -2.34. The van der Waals surface area contributed by atoms with E-state index in [-0.39, 0.29) is 11.8 Å². The van der Waals surface area contributed by atoms with Crippen LogP contribution in [0, 0.1) is 6.92 Å². The zero-order chi connectivity index (χ0) is 17.3. The smallest absolute Gasteiger partial charge is 0.282 e. The Balaban J connectivity index is 1.72. The topological polar surface area (TPSA) is 79.3 Å². The van der Waals surface area contributed by atoms with Crippen LogP contribution in [-0.2, 0) is 12.8 Å². The number of amides is 2. The molecule has 0 unspecified atom stereocenters. The molecule has 0 radical (unpaired) electrons. The highest BCUT2D eigenvalue weighted by Crippen LogP contribution is 2.24. The van der Waals surface area contributed by atoms with Gasteiger partial charge in [-0.2, -0.15) is 0 Å². The second kappa shape index (κ2) is 6.64. The van der Waals surface area contributed by atoms with Crippen LogP contribution in [0.3, 0.4) is 0 Å². The Bertz CT molecular complexity index is 744. The van der Waals surface area contributed by atoms with Crippen LogP contribution in [0.15, 0.2) is 12.4 Å². The van der Waals surface area contributed by atoms with Gasteiger partial charge in [0, 0.05) is 51.1 Å². The van der Waals surface area contributed by atoms with Gasteiger partial charge in [0.1, 0.15) is 5.69 Å². The molecular weight excluding hydrogens is 326 g/mol. The number of carbonyl (C=O) groups excluding carboxylic acids is 2. The number of carbonyl (C=O) groups is 2. The molecule has 0 saturated carbocycles. The summed E-state index contributed by atoms with van der Waals surface area (Å²) in [4.78, 5) is 41.7. The lowest BCUT2D eigenvalue weighted by molar-refractivity contribution is 0.0755. The van der Waals surface area contributed by atoms with Crippen molar-refractivity contribution in [3.63, 3.8) is 0 Å². The predicted molar refractivity (Wildman–Crippen MR) is 90.2 cm³/mol.